The molecule has 2 aliphatic rings. The summed E-state index contributed by atoms with van der Waals surface area (Å²) in [7, 11) is 0. The quantitative estimate of drug-likeness (QED) is 0.656. The highest BCUT2D eigenvalue weighted by Gasteiger charge is 2.32. The van der Waals surface area contributed by atoms with Gasteiger partial charge in [0.1, 0.15) is 0 Å². The van der Waals surface area contributed by atoms with E-state index in [9.17, 15) is 0 Å². The smallest absolute Gasteiger partial charge is 0.0966 e. The van der Waals surface area contributed by atoms with E-state index in [0.29, 0.717) is 5.84 Å². The number of nitrogens with one attached hydrogen (secondary N) is 1. The first kappa shape index (κ1) is 13.6. The van der Waals surface area contributed by atoms with Gasteiger partial charge in [0.15, 0.2) is 0 Å². The lowest BCUT2D eigenvalue weighted by Gasteiger charge is -2.38. The first-order valence-corrected chi connectivity index (χ1v) is 7.74. The van der Waals surface area contributed by atoms with E-state index in [1.54, 1.807) is 11.1 Å². The molecule has 0 atom stereocenters. The second-order valence-corrected chi connectivity index (χ2v) is 6.71. The van der Waals surface area contributed by atoms with Crippen LogP contribution in [0.1, 0.15) is 42.9 Å². The second kappa shape index (κ2) is 5.21. The summed E-state index contributed by atoms with van der Waals surface area (Å²) < 4.78 is 0. The fourth-order valence-corrected chi connectivity index (χ4v) is 3.46. The maximum Gasteiger partial charge on any atom is 0.0966 e. The molecule has 1 fully saturated rings. The van der Waals surface area contributed by atoms with E-state index in [4.69, 9.17) is 11.1 Å². The van der Waals surface area contributed by atoms with Crippen LogP contribution < -0.4 is 5.73 Å². The zero-order chi connectivity index (χ0) is 14.2. The largest absolute Gasteiger partial charge is 0.387 e. The number of rotatable bonds is 3. The molecule has 3 heteroatoms. The molecule has 0 saturated carbocycles. The summed E-state index contributed by atoms with van der Waals surface area (Å²) in [6.07, 6.45) is 5.85. The van der Waals surface area contributed by atoms with Crippen molar-refractivity contribution in [3.8, 4) is 0 Å². The number of nitrogens with zero attached hydrogens (tertiary/aromatic N) is 1. The molecule has 1 saturated heterocycles. The number of aryl methyl sites for hydroxylation is 2. The highest BCUT2D eigenvalue weighted by Crippen LogP contribution is 2.31. The summed E-state index contributed by atoms with van der Waals surface area (Å²) in [5.41, 5.74) is 10.2. The van der Waals surface area contributed by atoms with Crippen LogP contribution in [0.4, 0.5) is 0 Å². The molecule has 1 heterocycles. The van der Waals surface area contributed by atoms with E-state index in [-0.39, 0.29) is 5.41 Å². The van der Waals surface area contributed by atoms with E-state index >= 15 is 0 Å². The Labute approximate surface area is 121 Å². The van der Waals surface area contributed by atoms with Crippen molar-refractivity contribution in [1.29, 1.82) is 5.41 Å². The summed E-state index contributed by atoms with van der Waals surface area (Å²) in [6.45, 7) is 5.27. The minimum Gasteiger partial charge on any atom is -0.387 e. The normalized spacial score (nSPS) is 21.6. The molecule has 0 radical (unpaired) electrons. The number of amidine groups is 1. The van der Waals surface area contributed by atoms with Crippen LogP contribution >= 0.6 is 0 Å². The van der Waals surface area contributed by atoms with Crippen LogP contribution in [0, 0.1) is 10.8 Å². The first-order valence-electron chi connectivity index (χ1n) is 7.74. The van der Waals surface area contributed by atoms with Crippen molar-refractivity contribution in [3.63, 3.8) is 0 Å². The molecule has 1 aliphatic heterocycles. The zero-order valence-corrected chi connectivity index (χ0v) is 12.4. The predicted octanol–water partition coefficient (Wildman–Crippen LogP) is 2.71. The lowest BCUT2D eigenvalue weighted by atomic mass is 9.79. The molecule has 0 unspecified atom stereocenters. The van der Waals surface area contributed by atoms with Gasteiger partial charge in [-0.25, -0.2) is 0 Å². The van der Waals surface area contributed by atoms with Crippen molar-refractivity contribution in [2.24, 2.45) is 11.1 Å². The van der Waals surface area contributed by atoms with E-state index in [1.165, 1.54) is 24.8 Å². The van der Waals surface area contributed by atoms with Crippen LogP contribution in [-0.2, 0) is 19.4 Å². The molecule has 3 nitrogen and oxygen atoms in total. The molecule has 1 aromatic rings. The number of nitrogens with two attached hydrogens (primary N) is 1. The van der Waals surface area contributed by atoms with Gasteiger partial charge in [0.25, 0.3) is 0 Å². The minimum absolute atomic E-state index is 0.0750. The van der Waals surface area contributed by atoms with Gasteiger partial charge < -0.3 is 5.73 Å². The maximum absolute atomic E-state index is 7.72. The van der Waals surface area contributed by atoms with Crippen molar-refractivity contribution >= 4 is 5.84 Å². The van der Waals surface area contributed by atoms with Gasteiger partial charge in [-0.1, -0.05) is 25.1 Å². The Bertz CT molecular complexity index is 513. The molecule has 1 aliphatic carbocycles. The van der Waals surface area contributed by atoms with Crippen LogP contribution in [0.3, 0.4) is 0 Å². The Balaban J connectivity index is 1.61. The van der Waals surface area contributed by atoms with E-state index in [2.05, 4.69) is 30.0 Å². The molecule has 3 rings (SSSR count). The Kier molecular flexibility index (Phi) is 3.55. The fraction of sp³-hybridized carbons (Fsp3) is 0.588. The number of likely N-dealkylation sites (tertiary alicyclic amines) is 1. The Hall–Kier alpha value is -1.35. The summed E-state index contributed by atoms with van der Waals surface area (Å²) in [5.74, 6) is 0.356. The number of hydrogen-bond acceptors (Lipinski definition) is 2. The lowest BCUT2D eigenvalue weighted by Crippen LogP contribution is -2.44. The molecule has 0 amide bonds. The number of fused-ring (bicyclic) bond motifs is 1. The zero-order valence-electron chi connectivity index (χ0n) is 12.4. The van der Waals surface area contributed by atoms with Gasteiger partial charge in [-0.2, -0.15) is 0 Å². The Morgan fingerprint density at radius 2 is 1.95 bits per heavy atom. The van der Waals surface area contributed by atoms with Gasteiger partial charge >= 0.3 is 0 Å². The summed E-state index contributed by atoms with van der Waals surface area (Å²) in [4.78, 5) is 2.50. The first-order chi connectivity index (χ1) is 9.57. The van der Waals surface area contributed by atoms with Crippen LogP contribution in [0.2, 0.25) is 0 Å². The third kappa shape index (κ3) is 2.59. The SMILES string of the molecule is CC1(C(=N)N)CCN(Cc2ccc3c(c2)CCC3)CC1. The molecule has 108 valence electrons. The Morgan fingerprint density at radius 1 is 1.25 bits per heavy atom. The third-order valence-corrected chi connectivity index (χ3v) is 5.18. The standard InChI is InChI=1S/C17H25N3/c1-17(16(18)19)7-9-20(10-8-17)12-13-5-6-14-3-2-4-15(14)11-13/h5-6,11H,2-4,7-10,12H2,1H3,(H3,18,19). The molecule has 0 spiro atoms. The highest BCUT2D eigenvalue weighted by atomic mass is 15.1. The fourth-order valence-electron chi connectivity index (χ4n) is 3.46. The van der Waals surface area contributed by atoms with Gasteiger partial charge in [-0.3, -0.25) is 10.3 Å². The summed E-state index contributed by atoms with van der Waals surface area (Å²) >= 11 is 0. The topological polar surface area (TPSA) is 53.1 Å². The van der Waals surface area contributed by atoms with E-state index in [1.807, 2.05) is 0 Å². The maximum atomic E-state index is 7.72. The van der Waals surface area contributed by atoms with Crippen LogP contribution in [0.15, 0.2) is 18.2 Å². The molecule has 3 N–H and O–H groups in total. The minimum atomic E-state index is -0.0750. The van der Waals surface area contributed by atoms with Gasteiger partial charge in [0.2, 0.25) is 0 Å². The van der Waals surface area contributed by atoms with Crippen LogP contribution in [0.25, 0.3) is 0 Å². The molecular formula is C17H25N3. The van der Waals surface area contributed by atoms with Crippen molar-refractivity contribution in [2.45, 2.75) is 45.6 Å². The van der Waals surface area contributed by atoms with Crippen molar-refractivity contribution in [2.75, 3.05) is 13.1 Å². The van der Waals surface area contributed by atoms with Gasteiger partial charge in [0, 0.05) is 12.0 Å². The van der Waals surface area contributed by atoms with Crippen molar-refractivity contribution in [3.05, 3.63) is 34.9 Å². The second-order valence-electron chi connectivity index (χ2n) is 6.71. The van der Waals surface area contributed by atoms with Crippen molar-refractivity contribution < 1.29 is 0 Å². The van der Waals surface area contributed by atoms with E-state index in [0.717, 1.165) is 32.5 Å². The predicted molar refractivity (Wildman–Crippen MR) is 83.0 cm³/mol. The molecular weight excluding hydrogens is 246 g/mol. The number of piperidine rings is 1. The van der Waals surface area contributed by atoms with E-state index < -0.39 is 0 Å². The number of hydrogen-bond donors (Lipinski definition) is 2. The molecule has 1 aromatic carbocycles. The third-order valence-electron chi connectivity index (χ3n) is 5.18. The summed E-state index contributed by atoms with van der Waals surface area (Å²) in [6, 6.07) is 7.02. The molecule has 0 aromatic heterocycles. The number of benzene rings is 1. The van der Waals surface area contributed by atoms with Gasteiger partial charge in [0.05, 0.1) is 5.84 Å². The van der Waals surface area contributed by atoms with Gasteiger partial charge in [-0.05, 0) is 61.9 Å². The van der Waals surface area contributed by atoms with Crippen molar-refractivity contribution in [1.82, 2.24) is 4.90 Å². The van der Waals surface area contributed by atoms with Crippen LogP contribution in [-0.4, -0.2) is 23.8 Å². The average Bonchev–Trinajstić information content (AvgIpc) is 2.89. The average molecular weight is 271 g/mol. The summed E-state index contributed by atoms with van der Waals surface area (Å²) in [5, 5.41) is 7.72. The lowest BCUT2D eigenvalue weighted by molar-refractivity contribution is 0.156. The highest BCUT2D eigenvalue weighted by molar-refractivity contribution is 5.83. The Morgan fingerprint density at radius 3 is 2.65 bits per heavy atom. The molecule has 20 heavy (non-hydrogen) atoms. The monoisotopic (exact) mass is 271 g/mol. The molecule has 0 bridgehead atoms. The van der Waals surface area contributed by atoms with Crippen LogP contribution in [0.5, 0.6) is 0 Å². The van der Waals surface area contributed by atoms with Gasteiger partial charge in [-0.15, -0.1) is 0 Å².